The first-order chi connectivity index (χ1) is 11.8. The summed E-state index contributed by atoms with van der Waals surface area (Å²) in [5.41, 5.74) is -1.69. The number of unbranched alkanes of at least 4 members (excludes halogenated alkanes) is 4. The fourth-order valence-electron chi connectivity index (χ4n) is 2.03. The highest BCUT2D eigenvalue weighted by molar-refractivity contribution is 5.99. The number of benzene rings is 1. The van der Waals surface area contributed by atoms with Crippen LogP contribution in [0.5, 0.6) is 5.75 Å². The lowest BCUT2D eigenvalue weighted by Crippen LogP contribution is -2.38. The molecule has 0 aliphatic heterocycles. The number of ether oxygens (including phenoxy) is 2. The first kappa shape index (κ1) is 20.6. The van der Waals surface area contributed by atoms with Crippen LogP contribution in [-0.4, -0.2) is 23.5 Å². The predicted molar refractivity (Wildman–Crippen MR) is 92.2 cm³/mol. The monoisotopic (exact) mass is 351 g/mol. The molecule has 0 spiro atoms. The van der Waals surface area contributed by atoms with Crippen LogP contribution in [0.25, 0.3) is 0 Å². The molecule has 138 valence electrons. The maximum atomic E-state index is 12.2. The molecule has 0 atom stereocenters. The van der Waals surface area contributed by atoms with Crippen LogP contribution < -0.4 is 4.74 Å². The smallest absolute Gasteiger partial charge is 0.328 e. The van der Waals surface area contributed by atoms with Crippen molar-refractivity contribution in [2.75, 3.05) is 6.61 Å². The van der Waals surface area contributed by atoms with Gasteiger partial charge in [0.2, 0.25) is 0 Å². The summed E-state index contributed by atoms with van der Waals surface area (Å²) >= 11 is 0. The second-order valence-electron chi connectivity index (χ2n) is 6.32. The molecule has 0 saturated heterocycles. The van der Waals surface area contributed by atoms with Crippen molar-refractivity contribution in [2.24, 2.45) is 5.41 Å². The highest BCUT2D eigenvalue weighted by atomic mass is 16.6. The van der Waals surface area contributed by atoms with Crippen LogP contribution in [0.4, 0.5) is 5.69 Å². The topological polar surface area (TPSA) is 95.7 Å². The summed E-state index contributed by atoms with van der Waals surface area (Å²) in [6, 6.07) is 5.24. The maximum absolute atomic E-state index is 12.2. The zero-order chi connectivity index (χ0) is 18.9. The molecule has 1 aromatic rings. The number of carbonyl (C=O) groups is 2. The van der Waals surface area contributed by atoms with Gasteiger partial charge in [0.15, 0.2) is 5.41 Å². The van der Waals surface area contributed by atoms with Crippen molar-refractivity contribution in [3.05, 3.63) is 34.4 Å². The van der Waals surface area contributed by atoms with Crippen LogP contribution in [0.2, 0.25) is 0 Å². The maximum Gasteiger partial charge on any atom is 0.328 e. The lowest BCUT2D eigenvalue weighted by atomic mass is 9.94. The quantitative estimate of drug-likeness (QED) is 0.158. The molecule has 0 fully saturated rings. The largest absolute Gasteiger partial charge is 0.465 e. The fraction of sp³-hybridized carbons (Fsp3) is 0.556. The number of esters is 2. The number of rotatable bonds is 10. The van der Waals surface area contributed by atoms with Gasteiger partial charge in [0.05, 0.1) is 17.6 Å². The highest BCUT2D eigenvalue weighted by Crippen LogP contribution is 2.24. The van der Waals surface area contributed by atoms with Gasteiger partial charge in [0, 0.05) is 6.07 Å². The van der Waals surface area contributed by atoms with Crippen molar-refractivity contribution in [3.63, 3.8) is 0 Å². The molecule has 25 heavy (non-hydrogen) atoms. The van der Waals surface area contributed by atoms with Gasteiger partial charge < -0.3 is 9.47 Å². The van der Waals surface area contributed by atoms with E-state index in [0.29, 0.717) is 0 Å². The van der Waals surface area contributed by atoms with Crippen LogP contribution in [0.3, 0.4) is 0 Å². The molecular weight excluding hydrogens is 326 g/mol. The van der Waals surface area contributed by atoms with Crippen LogP contribution in [0.15, 0.2) is 24.3 Å². The summed E-state index contributed by atoms with van der Waals surface area (Å²) in [6.45, 7) is 5.20. The molecule has 0 aliphatic rings. The second-order valence-corrected chi connectivity index (χ2v) is 6.32. The van der Waals surface area contributed by atoms with Crippen LogP contribution in [0, 0.1) is 15.5 Å². The van der Waals surface area contributed by atoms with E-state index >= 15 is 0 Å². The normalized spacial score (nSPS) is 11.0. The molecule has 0 N–H and O–H groups in total. The van der Waals surface area contributed by atoms with Crippen molar-refractivity contribution in [1.82, 2.24) is 0 Å². The molecule has 0 amide bonds. The van der Waals surface area contributed by atoms with Gasteiger partial charge in [-0.25, -0.2) is 0 Å². The van der Waals surface area contributed by atoms with Crippen molar-refractivity contribution in [2.45, 2.75) is 52.9 Å². The SMILES string of the molecule is CCCCCCCOC(=O)C(C)(C)C(=O)Oc1cccc([N+](=O)[O-])c1. The number of hydrogen-bond donors (Lipinski definition) is 0. The second kappa shape index (κ2) is 9.76. The summed E-state index contributed by atoms with van der Waals surface area (Å²) in [5, 5.41) is 10.7. The molecule has 0 aliphatic carbocycles. The van der Waals surface area contributed by atoms with Gasteiger partial charge >= 0.3 is 11.9 Å². The van der Waals surface area contributed by atoms with E-state index in [2.05, 4.69) is 6.92 Å². The number of nitrogens with zero attached hydrogens (tertiary/aromatic N) is 1. The summed E-state index contributed by atoms with van der Waals surface area (Å²) in [6.07, 6.45) is 5.10. The van der Waals surface area contributed by atoms with E-state index in [9.17, 15) is 19.7 Å². The number of nitro benzene ring substituents is 1. The first-order valence-corrected chi connectivity index (χ1v) is 8.43. The van der Waals surface area contributed by atoms with Gasteiger partial charge in [0.1, 0.15) is 5.75 Å². The Labute approximate surface area is 147 Å². The van der Waals surface area contributed by atoms with Crippen LogP contribution >= 0.6 is 0 Å². The summed E-state index contributed by atoms with van der Waals surface area (Å²) in [7, 11) is 0. The van der Waals surface area contributed by atoms with E-state index in [4.69, 9.17) is 9.47 Å². The van der Waals surface area contributed by atoms with Crippen molar-refractivity contribution in [3.8, 4) is 5.75 Å². The van der Waals surface area contributed by atoms with E-state index in [-0.39, 0.29) is 18.0 Å². The lowest BCUT2D eigenvalue weighted by Gasteiger charge is -2.20. The van der Waals surface area contributed by atoms with Crippen LogP contribution in [0.1, 0.15) is 52.9 Å². The molecule has 0 saturated carbocycles. The van der Waals surface area contributed by atoms with E-state index in [0.717, 1.165) is 38.2 Å². The van der Waals surface area contributed by atoms with Gasteiger partial charge in [-0.1, -0.05) is 38.7 Å². The van der Waals surface area contributed by atoms with Gasteiger partial charge in [0.25, 0.3) is 5.69 Å². The Hall–Kier alpha value is -2.44. The molecule has 0 aromatic heterocycles. The lowest BCUT2D eigenvalue weighted by molar-refractivity contribution is -0.384. The average molecular weight is 351 g/mol. The Bertz CT molecular complexity index is 611. The molecule has 7 heteroatoms. The summed E-state index contributed by atoms with van der Waals surface area (Å²) < 4.78 is 10.3. The minimum absolute atomic E-state index is 0.0136. The predicted octanol–water partition coefficient (Wildman–Crippen LogP) is 4.04. The molecule has 0 unspecified atom stereocenters. The Morgan fingerprint density at radius 3 is 2.44 bits per heavy atom. The third-order valence-electron chi connectivity index (χ3n) is 3.74. The van der Waals surface area contributed by atoms with E-state index in [1.165, 1.54) is 32.0 Å². The number of non-ortho nitro benzene ring substituents is 1. The molecule has 1 aromatic carbocycles. The number of hydrogen-bond acceptors (Lipinski definition) is 6. The molecule has 1 rings (SSSR count). The molecular formula is C18H25NO6. The van der Waals surface area contributed by atoms with Gasteiger partial charge in [-0.2, -0.15) is 0 Å². The minimum Gasteiger partial charge on any atom is -0.465 e. The third-order valence-corrected chi connectivity index (χ3v) is 3.74. The Morgan fingerprint density at radius 2 is 1.80 bits per heavy atom. The number of carbonyl (C=O) groups excluding carboxylic acids is 2. The minimum atomic E-state index is -1.49. The van der Waals surface area contributed by atoms with E-state index in [1.54, 1.807) is 0 Å². The third kappa shape index (κ3) is 6.52. The first-order valence-electron chi connectivity index (χ1n) is 8.43. The summed E-state index contributed by atoms with van der Waals surface area (Å²) in [5.74, 6) is -1.47. The number of nitro groups is 1. The Morgan fingerprint density at radius 1 is 1.12 bits per heavy atom. The van der Waals surface area contributed by atoms with Gasteiger partial charge in [-0.15, -0.1) is 0 Å². The molecule has 0 bridgehead atoms. The van der Waals surface area contributed by atoms with Crippen molar-refractivity contribution in [1.29, 1.82) is 0 Å². The van der Waals surface area contributed by atoms with E-state index in [1.807, 2.05) is 0 Å². The zero-order valence-corrected chi connectivity index (χ0v) is 14.9. The zero-order valence-electron chi connectivity index (χ0n) is 14.9. The van der Waals surface area contributed by atoms with E-state index < -0.39 is 22.3 Å². The average Bonchev–Trinajstić information content (AvgIpc) is 2.57. The molecule has 0 heterocycles. The highest BCUT2D eigenvalue weighted by Gasteiger charge is 2.40. The Balaban J connectivity index is 2.55. The molecule has 0 radical (unpaired) electrons. The summed E-state index contributed by atoms with van der Waals surface area (Å²) in [4.78, 5) is 34.5. The fourth-order valence-corrected chi connectivity index (χ4v) is 2.03. The van der Waals surface area contributed by atoms with Gasteiger partial charge in [-0.3, -0.25) is 19.7 Å². The van der Waals surface area contributed by atoms with Crippen LogP contribution in [-0.2, 0) is 14.3 Å². The Kier molecular flexibility index (Phi) is 8.04. The van der Waals surface area contributed by atoms with Crippen molar-refractivity contribution < 1.29 is 24.0 Å². The standard InChI is InChI=1S/C18H25NO6/c1-4-5-6-7-8-12-24-16(20)18(2,3)17(21)25-15-11-9-10-14(13-15)19(22)23/h9-11,13H,4-8,12H2,1-3H3. The molecule has 7 nitrogen and oxygen atoms in total. The van der Waals surface area contributed by atoms with Crippen molar-refractivity contribution >= 4 is 17.6 Å². The van der Waals surface area contributed by atoms with Gasteiger partial charge in [-0.05, 0) is 26.3 Å².